The zero-order valence-electron chi connectivity index (χ0n) is 10.4. The van der Waals surface area contributed by atoms with Crippen molar-refractivity contribution in [2.45, 2.75) is 12.3 Å². The third kappa shape index (κ3) is 3.77. The fourth-order valence-corrected chi connectivity index (χ4v) is 1.81. The average molecular weight is 276 g/mol. The van der Waals surface area contributed by atoms with Gasteiger partial charge >= 0.3 is 6.18 Å². The molecule has 0 bridgehead atoms. The molecule has 1 atom stereocenters. The van der Waals surface area contributed by atoms with Gasteiger partial charge in [-0.2, -0.15) is 13.2 Å². The van der Waals surface area contributed by atoms with Crippen LogP contribution in [0.4, 0.5) is 19.1 Å². The lowest BCUT2D eigenvalue weighted by molar-refractivity contribution is -0.141. The number of halogens is 3. The van der Waals surface area contributed by atoms with E-state index < -0.39 is 11.9 Å². The predicted octanol–water partition coefficient (Wildman–Crippen LogP) is 0.920. The van der Waals surface area contributed by atoms with Crippen LogP contribution in [-0.4, -0.2) is 49.4 Å². The van der Waals surface area contributed by atoms with Crippen molar-refractivity contribution >= 4 is 5.95 Å². The molecule has 1 saturated heterocycles. The van der Waals surface area contributed by atoms with E-state index in [-0.39, 0.29) is 12.1 Å². The number of hydrogen-bond acceptors (Lipinski definition) is 5. The van der Waals surface area contributed by atoms with E-state index in [2.05, 4.69) is 15.3 Å². The normalized spacial score (nSPS) is 20.3. The van der Waals surface area contributed by atoms with Gasteiger partial charge in [-0.25, -0.2) is 9.97 Å². The van der Waals surface area contributed by atoms with Crippen molar-refractivity contribution in [3.8, 4) is 0 Å². The molecule has 1 aliphatic rings. The smallest absolute Gasteiger partial charge is 0.374 e. The summed E-state index contributed by atoms with van der Waals surface area (Å²) >= 11 is 0. The standard InChI is InChI=1S/C11H15F3N4O/c1-18(7-8-6-15-4-5-19-8)10-16-3-2-9(17-10)11(12,13)14/h2-3,8,15H,4-7H2,1H3. The number of nitrogens with one attached hydrogen (secondary N) is 1. The van der Waals surface area contributed by atoms with Crippen molar-refractivity contribution in [2.75, 3.05) is 38.2 Å². The molecule has 0 radical (unpaired) electrons. The molecule has 8 heteroatoms. The average Bonchev–Trinajstić information content (AvgIpc) is 2.39. The first-order chi connectivity index (χ1) is 8.97. The van der Waals surface area contributed by atoms with Crippen LogP contribution in [0.2, 0.25) is 0 Å². The van der Waals surface area contributed by atoms with Gasteiger partial charge in [-0.05, 0) is 6.07 Å². The number of nitrogens with zero attached hydrogens (tertiary/aromatic N) is 3. The summed E-state index contributed by atoms with van der Waals surface area (Å²) in [5.41, 5.74) is -0.938. The molecular weight excluding hydrogens is 261 g/mol. The summed E-state index contributed by atoms with van der Waals surface area (Å²) in [4.78, 5) is 8.94. The molecule has 0 aromatic carbocycles. The summed E-state index contributed by atoms with van der Waals surface area (Å²) in [6.45, 7) is 2.50. The summed E-state index contributed by atoms with van der Waals surface area (Å²) in [6, 6.07) is 0.857. The molecule has 0 spiro atoms. The summed E-state index contributed by atoms with van der Waals surface area (Å²) in [7, 11) is 1.65. The summed E-state index contributed by atoms with van der Waals surface area (Å²) in [5, 5.41) is 3.15. The molecular formula is C11H15F3N4O. The molecule has 2 rings (SSSR count). The minimum Gasteiger partial charge on any atom is -0.374 e. The molecule has 1 aromatic heterocycles. The number of rotatable bonds is 3. The molecule has 1 aliphatic heterocycles. The third-order valence-corrected chi connectivity index (χ3v) is 2.76. The van der Waals surface area contributed by atoms with Gasteiger partial charge in [0.2, 0.25) is 5.95 Å². The van der Waals surface area contributed by atoms with E-state index in [1.54, 1.807) is 11.9 Å². The second-order valence-electron chi connectivity index (χ2n) is 4.32. The number of anilines is 1. The fourth-order valence-electron chi connectivity index (χ4n) is 1.81. The van der Waals surface area contributed by atoms with Crippen LogP contribution in [0.5, 0.6) is 0 Å². The first-order valence-electron chi connectivity index (χ1n) is 5.90. The number of likely N-dealkylation sites (N-methyl/N-ethyl adjacent to an activating group) is 1. The van der Waals surface area contributed by atoms with E-state index in [4.69, 9.17) is 4.74 Å². The second kappa shape index (κ2) is 5.70. The Hall–Kier alpha value is -1.41. The fraction of sp³-hybridized carbons (Fsp3) is 0.636. The molecule has 1 fully saturated rings. The van der Waals surface area contributed by atoms with Crippen LogP contribution in [-0.2, 0) is 10.9 Å². The van der Waals surface area contributed by atoms with Crippen LogP contribution in [0.3, 0.4) is 0 Å². The molecule has 106 valence electrons. The second-order valence-corrected chi connectivity index (χ2v) is 4.32. The number of alkyl halides is 3. The van der Waals surface area contributed by atoms with Gasteiger partial charge in [-0.1, -0.05) is 0 Å². The highest BCUT2D eigenvalue weighted by molar-refractivity contribution is 5.29. The van der Waals surface area contributed by atoms with E-state index in [1.165, 1.54) is 0 Å². The van der Waals surface area contributed by atoms with E-state index in [0.29, 0.717) is 19.7 Å². The van der Waals surface area contributed by atoms with Gasteiger partial charge in [0.1, 0.15) is 5.69 Å². The van der Waals surface area contributed by atoms with Crippen molar-refractivity contribution in [3.63, 3.8) is 0 Å². The van der Waals surface area contributed by atoms with Gasteiger partial charge in [0.25, 0.3) is 0 Å². The molecule has 1 unspecified atom stereocenters. The maximum absolute atomic E-state index is 12.5. The van der Waals surface area contributed by atoms with E-state index in [9.17, 15) is 13.2 Å². The highest BCUT2D eigenvalue weighted by Crippen LogP contribution is 2.27. The molecule has 5 nitrogen and oxygen atoms in total. The van der Waals surface area contributed by atoms with Crippen LogP contribution < -0.4 is 10.2 Å². The lowest BCUT2D eigenvalue weighted by Gasteiger charge is -2.28. The largest absolute Gasteiger partial charge is 0.433 e. The molecule has 0 aliphatic carbocycles. The SMILES string of the molecule is CN(CC1CNCCO1)c1nccc(C(F)(F)F)n1. The zero-order chi connectivity index (χ0) is 13.9. The monoisotopic (exact) mass is 276 g/mol. The number of aromatic nitrogens is 2. The van der Waals surface area contributed by atoms with Gasteiger partial charge in [-0.3, -0.25) is 0 Å². The van der Waals surface area contributed by atoms with Crippen molar-refractivity contribution in [3.05, 3.63) is 18.0 Å². The minimum absolute atomic E-state index is 0.0454. The molecule has 0 amide bonds. The Balaban J connectivity index is 2.04. The van der Waals surface area contributed by atoms with Crippen molar-refractivity contribution < 1.29 is 17.9 Å². The Labute approximate surface area is 108 Å². The first kappa shape index (κ1) is 14.0. The Bertz CT molecular complexity index is 421. The topological polar surface area (TPSA) is 50.3 Å². The van der Waals surface area contributed by atoms with Crippen LogP contribution in [0.25, 0.3) is 0 Å². The van der Waals surface area contributed by atoms with Gasteiger partial charge in [0.15, 0.2) is 0 Å². The Morgan fingerprint density at radius 1 is 1.53 bits per heavy atom. The van der Waals surface area contributed by atoms with Crippen LogP contribution in [0.1, 0.15) is 5.69 Å². The first-order valence-corrected chi connectivity index (χ1v) is 5.90. The highest BCUT2D eigenvalue weighted by Gasteiger charge is 2.33. The number of morpholine rings is 1. The molecule has 2 heterocycles. The van der Waals surface area contributed by atoms with Gasteiger partial charge < -0.3 is 15.0 Å². The van der Waals surface area contributed by atoms with E-state index >= 15 is 0 Å². The summed E-state index contributed by atoms with van der Waals surface area (Å²) < 4.78 is 43.1. The number of ether oxygens (including phenoxy) is 1. The van der Waals surface area contributed by atoms with Crippen molar-refractivity contribution in [1.82, 2.24) is 15.3 Å². The molecule has 1 aromatic rings. The van der Waals surface area contributed by atoms with Crippen LogP contribution in [0.15, 0.2) is 12.3 Å². The lowest BCUT2D eigenvalue weighted by Crippen LogP contribution is -2.44. The summed E-state index contributed by atoms with van der Waals surface area (Å²) in [5.74, 6) is 0.0454. The lowest BCUT2D eigenvalue weighted by atomic mass is 10.3. The quantitative estimate of drug-likeness (QED) is 0.889. The van der Waals surface area contributed by atoms with Crippen molar-refractivity contribution in [2.24, 2.45) is 0 Å². The van der Waals surface area contributed by atoms with Crippen LogP contribution in [0, 0.1) is 0 Å². The zero-order valence-corrected chi connectivity index (χ0v) is 10.4. The highest BCUT2D eigenvalue weighted by atomic mass is 19.4. The van der Waals surface area contributed by atoms with E-state index in [0.717, 1.165) is 18.8 Å². The van der Waals surface area contributed by atoms with Crippen LogP contribution >= 0.6 is 0 Å². The van der Waals surface area contributed by atoms with E-state index in [1.807, 2.05) is 0 Å². The maximum atomic E-state index is 12.5. The summed E-state index contributed by atoms with van der Waals surface area (Å²) in [6.07, 6.45) is -3.42. The Kier molecular flexibility index (Phi) is 4.20. The third-order valence-electron chi connectivity index (χ3n) is 2.76. The van der Waals surface area contributed by atoms with Gasteiger partial charge in [0, 0.05) is 32.9 Å². The maximum Gasteiger partial charge on any atom is 0.433 e. The molecule has 1 N–H and O–H groups in total. The van der Waals surface area contributed by atoms with Gasteiger partial charge in [-0.15, -0.1) is 0 Å². The van der Waals surface area contributed by atoms with Gasteiger partial charge in [0.05, 0.1) is 12.7 Å². The molecule has 19 heavy (non-hydrogen) atoms. The molecule has 0 saturated carbocycles. The minimum atomic E-state index is -4.46. The number of hydrogen-bond donors (Lipinski definition) is 1. The predicted molar refractivity (Wildman–Crippen MR) is 62.9 cm³/mol. The van der Waals surface area contributed by atoms with Crippen molar-refractivity contribution in [1.29, 1.82) is 0 Å². The Morgan fingerprint density at radius 2 is 2.32 bits per heavy atom. The Morgan fingerprint density at radius 3 is 2.95 bits per heavy atom.